The number of ether oxygens (including phenoxy) is 4. The molecule has 0 aliphatic heterocycles. The number of esters is 1. The largest absolute Gasteiger partial charge is 0.461 e. The number of hydrogen-bond donors (Lipinski definition) is 2. The fourth-order valence-corrected chi connectivity index (χ4v) is 9.19. The van der Waals surface area contributed by atoms with Crippen LogP contribution in [0.5, 0.6) is 0 Å². The van der Waals surface area contributed by atoms with Crippen LogP contribution in [0, 0.1) is 0 Å². The van der Waals surface area contributed by atoms with Crippen LogP contribution in [0.4, 0.5) is 14.4 Å². The van der Waals surface area contributed by atoms with Crippen molar-refractivity contribution in [3.05, 3.63) is 155 Å². The van der Waals surface area contributed by atoms with E-state index >= 15 is 0 Å². The van der Waals surface area contributed by atoms with E-state index < -0.39 is 60.2 Å². The minimum absolute atomic E-state index is 0.00241. The Morgan fingerprint density at radius 3 is 1.56 bits per heavy atom. The molecule has 2 aliphatic carbocycles. The standard InChI is InChI=1S/C57H65N5O10/c1-57(2,3)72-56(68)61(5)33-32-60(4)53(65)50(34-51(63)69-35-38-20-8-7-9-21-38)62(6)52(64)49(59-55(67)71-37-48-45-28-16-12-24-41(45)42-25-13-17-29-46(42)48)30-18-19-31-58-54(66)70-36-47-43-26-14-10-22-39(43)40-23-11-15-27-44(40)47/h7-17,20-29,47-50H,18-19,30-37H2,1-6H3,(H,58,66)(H,59,67)/t49-,50-/m0/s1. The zero-order chi connectivity index (χ0) is 51.4. The first-order valence-corrected chi connectivity index (χ1v) is 24.4. The molecular formula is C57H65N5O10. The van der Waals surface area contributed by atoms with Gasteiger partial charge in [0.25, 0.3) is 0 Å². The molecule has 5 amide bonds. The molecule has 15 heteroatoms. The van der Waals surface area contributed by atoms with Gasteiger partial charge in [0.05, 0.1) is 6.42 Å². The molecule has 7 rings (SSSR count). The summed E-state index contributed by atoms with van der Waals surface area (Å²) in [5, 5.41) is 5.58. The van der Waals surface area contributed by atoms with Crippen molar-refractivity contribution in [3.63, 3.8) is 0 Å². The second-order valence-electron chi connectivity index (χ2n) is 19.2. The van der Waals surface area contributed by atoms with E-state index in [0.29, 0.717) is 12.8 Å². The first-order valence-electron chi connectivity index (χ1n) is 24.4. The highest BCUT2D eigenvalue weighted by Gasteiger charge is 2.37. The Balaban J connectivity index is 1.02. The maximum atomic E-state index is 14.7. The summed E-state index contributed by atoms with van der Waals surface area (Å²) in [4.78, 5) is 85.9. The Morgan fingerprint density at radius 2 is 1.04 bits per heavy atom. The molecule has 0 radical (unpaired) electrons. The number of alkyl carbamates (subject to hydrolysis) is 2. The lowest BCUT2D eigenvalue weighted by Gasteiger charge is -2.33. The van der Waals surface area contributed by atoms with Gasteiger partial charge in [0, 0.05) is 52.6 Å². The lowest BCUT2D eigenvalue weighted by molar-refractivity contribution is -0.153. The van der Waals surface area contributed by atoms with E-state index in [4.69, 9.17) is 18.9 Å². The van der Waals surface area contributed by atoms with Crippen LogP contribution in [-0.4, -0.2) is 122 Å². The van der Waals surface area contributed by atoms with Crippen molar-refractivity contribution in [1.82, 2.24) is 25.3 Å². The van der Waals surface area contributed by atoms with E-state index in [9.17, 15) is 28.8 Å². The lowest BCUT2D eigenvalue weighted by Crippen LogP contribution is -2.55. The highest BCUT2D eigenvalue weighted by molar-refractivity contribution is 5.93. The quantitative estimate of drug-likeness (QED) is 0.0436. The van der Waals surface area contributed by atoms with Crippen molar-refractivity contribution in [1.29, 1.82) is 0 Å². The van der Waals surface area contributed by atoms with Crippen LogP contribution in [0.3, 0.4) is 0 Å². The number of nitrogens with one attached hydrogen (secondary N) is 2. The van der Waals surface area contributed by atoms with Crippen LogP contribution in [0.25, 0.3) is 22.3 Å². The molecule has 0 unspecified atom stereocenters. The number of carbonyl (C=O) groups is 6. The summed E-state index contributed by atoms with van der Waals surface area (Å²) >= 11 is 0. The Labute approximate surface area is 421 Å². The number of rotatable bonds is 20. The molecule has 72 heavy (non-hydrogen) atoms. The SMILES string of the molecule is CN(CCN(C)C(=O)[C@H](CC(=O)OCc1ccccc1)N(C)C(=O)[C@H](CCCCNC(=O)OCC1c2ccccc2-c2ccccc21)NC(=O)OCC1c2ccccc2-c2ccccc21)C(=O)OC(C)(C)C. The van der Waals surface area contributed by atoms with Gasteiger partial charge in [-0.2, -0.15) is 0 Å². The number of nitrogens with zero attached hydrogens (tertiary/aromatic N) is 3. The molecule has 2 N–H and O–H groups in total. The van der Waals surface area contributed by atoms with E-state index in [1.807, 2.05) is 91.0 Å². The molecule has 0 heterocycles. The van der Waals surface area contributed by atoms with Gasteiger partial charge in [0.15, 0.2) is 0 Å². The van der Waals surface area contributed by atoms with Crippen molar-refractivity contribution in [2.24, 2.45) is 0 Å². The van der Waals surface area contributed by atoms with Crippen LogP contribution >= 0.6 is 0 Å². The van der Waals surface area contributed by atoms with Crippen LogP contribution in [0.2, 0.25) is 0 Å². The van der Waals surface area contributed by atoms with E-state index in [2.05, 4.69) is 34.9 Å². The molecule has 0 aromatic heterocycles. The fourth-order valence-electron chi connectivity index (χ4n) is 9.19. The molecule has 2 atom stereocenters. The number of carbonyl (C=O) groups excluding carboxylic acids is 6. The first kappa shape index (κ1) is 52.2. The smallest absolute Gasteiger partial charge is 0.410 e. The van der Waals surface area contributed by atoms with Gasteiger partial charge in [-0.15, -0.1) is 0 Å². The van der Waals surface area contributed by atoms with E-state index in [1.165, 1.54) is 23.9 Å². The van der Waals surface area contributed by atoms with Crippen molar-refractivity contribution in [2.75, 3.05) is 54.0 Å². The summed E-state index contributed by atoms with van der Waals surface area (Å²) < 4.78 is 22.7. The molecular weight excluding hydrogens is 915 g/mol. The Kier molecular flexibility index (Phi) is 17.4. The van der Waals surface area contributed by atoms with Crippen LogP contribution in [0.1, 0.15) is 86.1 Å². The predicted octanol–water partition coefficient (Wildman–Crippen LogP) is 8.89. The summed E-state index contributed by atoms with van der Waals surface area (Å²) in [7, 11) is 4.47. The number of likely N-dealkylation sites (N-methyl/N-ethyl adjacent to an activating group) is 3. The van der Waals surface area contributed by atoms with Crippen LogP contribution in [-0.2, 0) is 39.9 Å². The number of unbranched alkanes of at least 4 members (excludes halogenated alkanes) is 1. The second-order valence-corrected chi connectivity index (χ2v) is 19.2. The molecule has 0 spiro atoms. The molecule has 378 valence electrons. The number of hydrogen-bond acceptors (Lipinski definition) is 10. The zero-order valence-electron chi connectivity index (χ0n) is 41.9. The summed E-state index contributed by atoms with van der Waals surface area (Å²) in [6, 6.07) is 38.6. The summed E-state index contributed by atoms with van der Waals surface area (Å²) in [6.45, 7) is 5.72. The van der Waals surface area contributed by atoms with Crippen molar-refractivity contribution in [3.8, 4) is 22.3 Å². The molecule has 0 saturated carbocycles. The number of benzene rings is 5. The van der Waals surface area contributed by atoms with Gasteiger partial charge < -0.3 is 44.3 Å². The van der Waals surface area contributed by atoms with Gasteiger partial charge in [-0.25, -0.2) is 14.4 Å². The summed E-state index contributed by atoms with van der Waals surface area (Å²) in [5.74, 6) is -2.31. The zero-order valence-corrected chi connectivity index (χ0v) is 41.9. The Bertz CT molecular complexity index is 2630. The Morgan fingerprint density at radius 1 is 0.569 bits per heavy atom. The lowest BCUT2D eigenvalue weighted by atomic mass is 9.98. The normalized spacial score (nSPS) is 13.2. The van der Waals surface area contributed by atoms with Gasteiger partial charge in [-0.1, -0.05) is 127 Å². The van der Waals surface area contributed by atoms with E-state index in [0.717, 1.165) is 55.0 Å². The second kappa shape index (κ2) is 24.0. The average Bonchev–Trinajstić information content (AvgIpc) is 3.88. The van der Waals surface area contributed by atoms with Gasteiger partial charge >= 0.3 is 24.2 Å². The molecule has 15 nitrogen and oxygen atoms in total. The van der Waals surface area contributed by atoms with Gasteiger partial charge in [0.2, 0.25) is 11.8 Å². The van der Waals surface area contributed by atoms with E-state index in [-0.39, 0.29) is 57.7 Å². The van der Waals surface area contributed by atoms with Crippen LogP contribution in [0.15, 0.2) is 127 Å². The third kappa shape index (κ3) is 13.2. The minimum atomic E-state index is -1.36. The number of fused-ring (bicyclic) bond motifs is 6. The maximum Gasteiger partial charge on any atom is 0.410 e. The third-order valence-corrected chi connectivity index (χ3v) is 13.0. The minimum Gasteiger partial charge on any atom is -0.461 e. The number of amides is 5. The molecule has 5 aromatic rings. The molecule has 0 bridgehead atoms. The summed E-state index contributed by atoms with van der Waals surface area (Å²) in [5.41, 5.74) is 8.60. The average molecular weight is 980 g/mol. The summed E-state index contributed by atoms with van der Waals surface area (Å²) in [6.07, 6.45) is -1.64. The van der Waals surface area contributed by atoms with Crippen molar-refractivity contribution >= 4 is 36.1 Å². The van der Waals surface area contributed by atoms with Crippen LogP contribution < -0.4 is 10.6 Å². The first-order chi connectivity index (χ1) is 34.6. The van der Waals surface area contributed by atoms with Crippen molar-refractivity contribution < 1.29 is 47.7 Å². The van der Waals surface area contributed by atoms with E-state index in [1.54, 1.807) is 40.0 Å². The predicted molar refractivity (Wildman–Crippen MR) is 273 cm³/mol. The van der Waals surface area contributed by atoms with Gasteiger partial charge in [-0.3, -0.25) is 14.4 Å². The monoisotopic (exact) mass is 979 g/mol. The molecule has 2 aliphatic rings. The molecule has 5 aromatic carbocycles. The maximum absolute atomic E-state index is 14.7. The molecule has 0 fully saturated rings. The van der Waals surface area contributed by atoms with Gasteiger partial charge in [-0.05, 0) is 90.1 Å². The topological polar surface area (TPSA) is 173 Å². The Hall–Kier alpha value is -7.68. The van der Waals surface area contributed by atoms with Crippen molar-refractivity contribution in [2.45, 2.75) is 82.6 Å². The van der Waals surface area contributed by atoms with Gasteiger partial charge in [0.1, 0.15) is 37.5 Å². The highest BCUT2D eigenvalue weighted by Crippen LogP contribution is 2.45. The fraction of sp³-hybridized carbons (Fsp3) is 0.368. The molecule has 0 saturated heterocycles. The highest BCUT2D eigenvalue weighted by atomic mass is 16.6. The third-order valence-electron chi connectivity index (χ3n) is 13.0.